The standard InChI is InChI=1S/C14H9F3N2O/c1-7-4-11(19)12(16)13(17)14(7)20-9-2-3-10(15)8(5-9)6-18/h2-5H,19H2,1H3. The fourth-order valence-electron chi connectivity index (χ4n) is 1.66. The molecule has 0 heterocycles. The lowest BCUT2D eigenvalue weighted by Gasteiger charge is -2.12. The second kappa shape index (κ2) is 5.13. The Morgan fingerprint density at radius 2 is 1.85 bits per heavy atom. The first-order chi connectivity index (χ1) is 9.43. The van der Waals surface area contributed by atoms with Gasteiger partial charge in [-0.05, 0) is 30.7 Å². The lowest BCUT2D eigenvalue weighted by molar-refractivity contribution is 0.413. The third kappa shape index (κ3) is 2.38. The molecule has 3 nitrogen and oxygen atoms in total. The van der Waals surface area contributed by atoms with Crippen molar-refractivity contribution >= 4 is 5.69 Å². The van der Waals surface area contributed by atoms with Crippen LogP contribution in [0, 0.1) is 35.7 Å². The summed E-state index contributed by atoms with van der Waals surface area (Å²) in [6, 6.07) is 6.17. The molecule has 0 bridgehead atoms. The van der Waals surface area contributed by atoms with Crippen LogP contribution in [0.25, 0.3) is 0 Å². The lowest BCUT2D eigenvalue weighted by atomic mass is 10.1. The average molecular weight is 278 g/mol. The van der Waals surface area contributed by atoms with E-state index in [2.05, 4.69) is 0 Å². The maximum absolute atomic E-state index is 13.8. The Bertz CT molecular complexity index is 723. The molecular formula is C14H9F3N2O. The first-order valence-electron chi connectivity index (χ1n) is 5.55. The molecular weight excluding hydrogens is 269 g/mol. The summed E-state index contributed by atoms with van der Waals surface area (Å²) in [5.41, 5.74) is 4.99. The summed E-state index contributed by atoms with van der Waals surface area (Å²) < 4.78 is 45.5. The maximum Gasteiger partial charge on any atom is 0.203 e. The number of halogens is 3. The number of nitrogen functional groups attached to an aromatic ring is 1. The molecule has 0 unspecified atom stereocenters. The van der Waals surface area contributed by atoms with E-state index in [0.717, 1.165) is 12.1 Å². The molecule has 0 fully saturated rings. The molecule has 20 heavy (non-hydrogen) atoms. The molecule has 0 aliphatic rings. The maximum atomic E-state index is 13.8. The van der Waals surface area contributed by atoms with Crippen LogP contribution in [0.1, 0.15) is 11.1 Å². The number of nitrogens with zero attached hydrogens (tertiary/aromatic N) is 1. The summed E-state index contributed by atoms with van der Waals surface area (Å²) in [5, 5.41) is 8.70. The van der Waals surface area contributed by atoms with Crippen LogP contribution >= 0.6 is 0 Å². The van der Waals surface area contributed by atoms with Crippen LogP contribution in [0.5, 0.6) is 11.5 Å². The number of benzene rings is 2. The lowest BCUT2D eigenvalue weighted by Crippen LogP contribution is -2.00. The Morgan fingerprint density at radius 1 is 1.15 bits per heavy atom. The van der Waals surface area contributed by atoms with Gasteiger partial charge in [-0.15, -0.1) is 0 Å². The summed E-state index contributed by atoms with van der Waals surface area (Å²) in [4.78, 5) is 0. The molecule has 0 radical (unpaired) electrons. The minimum absolute atomic E-state index is 0.0223. The van der Waals surface area contributed by atoms with Gasteiger partial charge in [0.25, 0.3) is 0 Å². The Hall–Kier alpha value is -2.68. The molecule has 0 aliphatic heterocycles. The molecule has 0 saturated carbocycles. The van der Waals surface area contributed by atoms with Crippen molar-refractivity contribution < 1.29 is 17.9 Å². The van der Waals surface area contributed by atoms with E-state index in [9.17, 15) is 13.2 Å². The zero-order valence-electron chi connectivity index (χ0n) is 10.4. The quantitative estimate of drug-likeness (QED) is 0.853. The van der Waals surface area contributed by atoms with Crippen LogP contribution < -0.4 is 10.5 Å². The monoisotopic (exact) mass is 278 g/mol. The van der Waals surface area contributed by atoms with Gasteiger partial charge >= 0.3 is 0 Å². The van der Waals surface area contributed by atoms with Crippen molar-refractivity contribution in [2.75, 3.05) is 5.73 Å². The molecule has 2 aromatic rings. The molecule has 0 spiro atoms. The van der Waals surface area contributed by atoms with E-state index >= 15 is 0 Å². The van der Waals surface area contributed by atoms with E-state index in [4.69, 9.17) is 15.7 Å². The number of ether oxygens (including phenoxy) is 1. The molecule has 0 saturated heterocycles. The number of hydrogen-bond donors (Lipinski definition) is 1. The minimum Gasteiger partial charge on any atom is -0.454 e. The largest absolute Gasteiger partial charge is 0.454 e. The molecule has 0 atom stereocenters. The first-order valence-corrected chi connectivity index (χ1v) is 5.55. The van der Waals surface area contributed by atoms with Gasteiger partial charge in [0, 0.05) is 6.07 Å². The summed E-state index contributed by atoms with van der Waals surface area (Å²) in [7, 11) is 0. The fourth-order valence-corrected chi connectivity index (χ4v) is 1.66. The second-order valence-electron chi connectivity index (χ2n) is 4.10. The van der Waals surface area contributed by atoms with Gasteiger partial charge in [-0.1, -0.05) is 0 Å². The number of rotatable bonds is 2. The van der Waals surface area contributed by atoms with Crippen LogP contribution in [0.2, 0.25) is 0 Å². The molecule has 6 heteroatoms. The highest BCUT2D eigenvalue weighted by atomic mass is 19.2. The zero-order valence-corrected chi connectivity index (χ0v) is 10.4. The molecule has 2 aromatic carbocycles. The van der Waals surface area contributed by atoms with Crippen LogP contribution in [-0.4, -0.2) is 0 Å². The van der Waals surface area contributed by atoms with E-state index < -0.39 is 17.5 Å². The Labute approximate surface area is 113 Å². The SMILES string of the molecule is Cc1cc(N)c(F)c(F)c1Oc1ccc(F)c(C#N)c1. The highest BCUT2D eigenvalue weighted by molar-refractivity contribution is 5.51. The number of hydrogen-bond acceptors (Lipinski definition) is 3. The van der Waals surface area contributed by atoms with Crippen molar-refractivity contribution in [3.8, 4) is 17.6 Å². The van der Waals surface area contributed by atoms with Crippen LogP contribution in [0.3, 0.4) is 0 Å². The van der Waals surface area contributed by atoms with Gasteiger partial charge in [0.2, 0.25) is 5.82 Å². The molecule has 0 aromatic heterocycles. The summed E-state index contributed by atoms with van der Waals surface area (Å²) in [6.07, 6.45) is 0. The third-order valence-electron chi connectivity index (χ3n) is 2.65. The van der Waals surface area contributed by atoms with Gasteiger partial charge in [0.15, 0.2) is 11.6 Å². The number of nitrogens with two attached hydrogens (primary N) is 1. The van der Waals surface area contributed by atoms with E-state index in [0.29, 0.717) is 0 Å². The van der Waals surface area contributed by atoms with Gasteiger partial charge in [-0.3, -0.25) is 0 Å². The summed E-state index contributed by atoms with van der Waals surface area (Å²) >= 11 is 0. The Morgan fingerprint density at radius 3 is 2.50 bits per heavy atom. The molecule has 102 valence electrons. The smallest absolute Gasteiger partial charge is 0.203 e. The molecule has 0 amide bonds. The van der Waals surface area contributed by atoms with Crippen LogP contribution in [0.15, 0.2) is 24.3 Å². The topological polar surface area (TPSA) is 59.0 Å². The first kappa shape index (κ1) is 13.7. The average Bonchev–Trinajstić information content (AvgIpc) is 2.43. The minimum atomic E-state index is -1.23. The zero-order chi connectivity index (χ0) is 14.9. The summed E-state index contributed by atoms with van der Waals surface area (Å²) in [5.74, 6) is -3.50. The van der Waals surface area contributed by atoms with Crippen LogP contribution in [0.4, 0.5) is 18.9 Å². The predicted molar refractivity (Wildman–Crippen MR) is 66.7 cm³/mol. The highest BCUT2D eigenvalue weighted by Gasteiger charge is 2.17. The van der Waals surface area contributed by atoms with Crippen molar-refractivity contribution in [2.45, 2.75) is 6.92 Å². The van der Waals surface area contributed by atoms with E-state index in [1.807, 2.05) is 0 Å². The normalized spacial score (nSPS) is 10.2. The highest BCUT2D eigenvalue weighted by Crippen LogP contribution is 2.32. The Kier molecular flexibility index (Phi) is 3.53. The third-order valence-corrected chi connectivity index (χ3v) is 2.65. The summed E-state index contributed by atoms with van der Waals surface area (Å²) in [6.45, 7) is 1.49. The van der Waals surface area contributed by atoms with E-state index in [-0.39, 0.29) is 28.3 Å². The Balaban J connectivity index is 2.46. The van der Waals surface area contributed by atoms with Gasteiger partial charge in [-0.2, -0.15) is 9.65 Å². The fraction of sp³-hybridized carbons (Fsp3) is 0.0714. The van der Waals surface area contributed by atoms with Gasteiger partial charge in [0.05, 0.1) is 11.3 Å². The molecule has 0 aliphatic carbocycles. The number of anilines is 1. The molecule has 2 N–H and O–H groups in total. The number of aryl methyl sites for hydroxylation is 1. The van der Waals surface area contributed by atoms with Crippen molar-refractivity contribution in [1.82, 2.24) is 0 Å². The van der Waals surface area contributed by atoms with Gasteiger partial charge in [0.1, 0.15) is 17.6 Å². The van der Waals surface area contributed by atoms with Gasteiger partial charge in [-0.25, -0.2) is 8.78 Å². The van der Waals surface area contributed by atoms with E-state index in [1.165, 1.54) is 19.1 Å². The van der Waals surface area contributed by atoms with Crippen LogP contribution in [-0.2, 0) is 0 Å². The predicted octanol–water partition coefficient (Wildman–Crippen LogP) is 3.66. The van der Waals surface area contributed by atoms with E-state index in [1.54, 1.807) is 6.07 Å². The van der Waals surface area contributed by atoms with Gasteiger partial charge < -0.3 is 10.5 Å². The molecule has 2 rings (SSSR count). The van der Waals surface area contributed by atoms with Crippen molar-refractivity contribution in [3.05, 3.63) is 52.8 Å². The van der Waals surface area contributed by atoms with Crippen molar-refractivity contribution in [1.29, 1.82) is 5.26 Å². The second-order valence-corrected chi connectivity index (χ2v) is 4.10. The van der Waals surface area contributed by atoms with Crippen molar-refractivity contribution in [2.24, 2.45) is 0 Å². The van der Waals surface area contributed by atoms with Crippen molar-refractivity contribution in [3.63, 3.8) is 0 Å². The number of nitriles is 1.